The van der Waals surface area contributed by atoms with Crippen LogP contribution in [0.5, 0.6) is 0 Å². The van der Waals surface area contributed by atoms with Crippen LogP contribution in [0.25, 0.3) is 11.3 Å². The molecule has 1 aliphatic heterocycles. The van der Waals surface area contributed by atoms with Crippen molar-refractivity contribution in [3.8, 4) is 11.3 Å². The van der Waals surface area contributed by atoms with Crippen molar-refractivity contribution in [2.75, 3.05) is 36.4 Å². The molecule has 32 heavy (non-hydrogen) atoms. The van der Waals surface area contributed by atoms with Gasteiger partial charge in [-0.2, -0.15) is 0 Å². The highest BCUT2D eigenvalue weighted by Crippen LogP contribution is 2.27. The summed E-state index contributed by atoms with van der Waals surface area (Å²) in [5.74, 6) is 6.38. The number of carbonyl (C=O) groups is 2. The summed E-state index contributed by atoms with van der Waals surface area (Å²) in [5, 5.41) is 12.7. The van der Waals surface area contributed by atoms with Gasteiger partial charge in [-0.25, -0.2) is 20.6 Å². The van der Waals surface area contributed by atoms with Crippen molar-refractivity contribution < 1.29 is 14.7 Å². The maximum absolute atomic E-state index is 12.3. The van der Waals surface area contributed by atoms with Gasteiger partial charge in [-0.1, -0.05) is 19.3 Å². The fraction of sp³-hybridized carbons (Fsp3) is 0.455. The van der Waals surface area contributed by atoms with Crippen LogP contribution in [0, 0.1) is 0 Å². The van der Waals surface area contributed by atoms with Crippen molar-refractivity contribution in [3.05, 3.63) is 36.0 Å². The standard InChI is InChI=1S/C22H29N7O3/c23-27-21(30)16-12-18(26-20(14-16)28-8-10-29(11-9-28)22(31)32)15-6-7-24-19(13-15)25-17-4-2-1-3-5-17/h6-7,12-14,17H,1-5,8-11,23H2,(H,24,25)(H,27,30)(H,31,32). The largest absolute Gasteiger partial charge is 0.465 e. The Hall–Kier alpha value is -3.40. The minimum absolute atomic E-state index is 0.379. The molecule has 4 rings (SSSR count). The Morgan fingerprint density at radius 2 is 1.81 bits per heavy atom. The number of hydrazine groups is 1. The minimum atomic E-state index is -0.927. The average molecular weight is 440 g/mol. The van der Waals surface area contributed by atoms with E-state index in [0.717, 1.165) is 24.2 Å². The molecule has 3 heterocycles. The number of amides is 2. The molecule has 1 saturated heterocycles. The van der Waals surface area contributed by atoms with Crippen molar-refractivity contribution in [1.82, 2.24) is 20.3 Å². The van der Waals surface area contributed by atoms with E-state index in [0.29, 0.717) is 49.3 Å². The van der Waals surface area contributed by atoms with E-state index in [9.17, 15) is 14.7 Å². The van der Waals surface area contributed by atoms with Crippen molar-refractivity contribution in [2.24, 2.45) is 5.84 Å². The lowest BCUT2D eigenvalue weighted by Crippen LogP contribution is -2.48. The van der Waals surface area contributed by atoms with Crippen molar-refractivity contribution in [1.29, 1.82) is 0 Å². The molecule has 170 valence electrons. The maximum atomic E-state index is 12.3. The number of anilines is 2. The van der Waals surface area contributed by atoms with Crippen LogP contribution in [0.1, 0.15) is 42.5 Å². The predicted octanol–water partition coefficient (Wildman–Crippen LogP) is 2.29. The van der Waals surface area contributed by atoms with Gasteiger partial charge >= 0.3 is 6.09 Å². The number of nitrogens with zero attached hydrogens (tertiary/aromatic N) is 4. The van der Waals surface area contributed by atoms with Gasteiger partial charge in [0.05, 0.1) is 5.69 Å². The molecule has 2 amide bonds. The molecule has 2 fully saturated rings. The van der Waals surface area contributed by atoms with Crippen molar-refractivity contribution in [2.45, 2.75) is 38.1 Å². The molecule has 0 spiro atoms. The highest BCUT2D eigenvalue weighted by atomic mass is 16.4. The molecule has 10 heteroatoms. The van der Waals surface area contributed by atoms with Crippen LogP contribution in [0.15, 0.2) is 30.5 Å². The zero-order chi connectivity index (χ0) is 22.5. The number of hydrogen-bond donors (Lipinski definition) is 4. The van der Waals surface area contributed by atoms with E-state index >= 15 is 0 Å². The first-order valence-corrected chi connectivity index (χ1v) is 11.0. The minimum Gasteiger partial charge on any atom is -0.465 e. The molecule has 0 aromatic carbocycles. The second kappa shape index (κ2) is 9.82. The van der Waals surface area contributed by atoms with Crippen molar-refractivity contribution >= 4 is 23.6 Å². The summed E-state index contributed by atoms with van der Waals surface area (Å²) < 4.78 is 0. The van der Waals surface area contributed by atoms with E-state index in [1.807, 2.05) is 17.0 Å². The van der Waals surface area contributed by atoms with Crippen LogP contribution in [0.3, 0.4) is 0 Å². The Morgan fingerprint density at radius 3 is 2.50 bits per heavy atom. The Morgan fingerprint density at radius 1 is 1.06 bits per heavy atom. The van der Waals surface area contributed by atoms with Gasteiger partial charge in [-0.15, -0.1) is 0 Å². The van der Waals surface area contributed by atoms with Gasteiger partial charge < -0.3 is 20.2 Å². The molecule has 10 nitrogen and oxygen atoms in total. The molecular weight excluding hydrogens is 410 g/mol. The summed E-state index contributed by atoms with van der Waals surface area (Å²) in [5.41, 5.74) is 4.05. The number of rotatable bonds is 5. The molecule has 0 unspecified atom stereocenters. The highest BCUT2D eigenvalue weighted by Gasteiger charge is 2.23. The second-order valence-corrected chi connectivity index (χ2v) is 8.24. The molecule has 2 aromatic heterocycles. The number of hydrogen-bond acceptors (Lipinski definition) is 7. The third kappa shape index (κ3) is 5.08. The fourth-order valence-electron chi connectivity index (χ4n) is 4.29. The predicted molar refractivity (Wildman–Crippen MR) is 121 cm³/mol. The smallest absolute Gasteiger partial charge is 0.407 e. The topological polar surface area (TPSA) is 137 Å². The van der Waals surface area contributed by atoms with E-state index in [1.54, 1.807) is 18.3 Å². The number of carboxylic acid groups (broad SMARTS) is 1. The van der Waals surface area contributed by atoms with Crippen LogP contribution in [0.4, 0.5) is 16.4 Å². The summed E-state index contributed by atoms with van der Waals surface area (Å²) >= 11 is 0. The molecule has 2 aromatic rings. The third-order valence-electron chi connectivity index (χ3n) is 6.09. The summed E-state index contributed by atoms with van der Waals surface area (Å²) in [7, 11) is 0. The molecule has 0 radical (unpaired) electrons. The van der Waals surface area contributed by atoms with E-state index < -0.39 is 12.0 Å². The first-order chi connectivity index (χ1) is 15.5. The second-order valence-electron chi connectivity index (χ2n) is 8.24. The average Bonchev–Trinajstić information content (AvgIpc) is 2.84. The molecule has 5 N–H and O–H groups in total. The molecule has 2 aliphatic rings. The fourth-order valence-corrected chi connectivity index (χ4v) is 4.29. The number of aromatic nitrogens is 2. The molecule has 0 bridgehead atoms. The number of pyridine rings is 2. The van der Waals surface area contributed by atoms with E-state index in [1.165, 1.54) is 24.2 Å². The Labute approximate surface area is 186 Å². The Balaban J connectivity index is 1.60. The number of piperazine rings is 1. The van der Waals surface area contributed by atoms with Crippen LogP contribution >= 0.6 is 0 Å². The normalized spacial score (nSPS) is 17.2. The van der Waals surface area contributed by atoms with E-state index in [2.05, 4.69) is 15.7 Å². The summed E-state index contributed by atoms with van der Waals surface area (Å²) in [4.78, 5) is 36.1. The highest BCUT2D eigenvalue weighted by molar-refractivity contribution is 5.95. The van der Waals surface area contributed by atoms with Crippen LogP contribution in [0.2, 0.25) is 0 Å². The lowest BCUT2D eigenvalue weighted by molar-refractivity contribution is 0.0953. The maximum Gasteiger partial charge on any atom is 0.407 e. The summed E-state index contributed by atoms with van der Waals surface area (Å²) in [6.45, 7) is 1.75. The summed E-state index contributed by atoms with van der Waals surface area (Å²) in [6, 6.07) is 7.64. The van der Waals surface area contributed by atoms with Gasteiger partial charge in [0, 0.05) is 49.5 Å². The monoisotopic (exact) mass is 439 g/mol. The quantitative estimate of drug-likeness (QED) is 0.316. The lowest BCUT2D eigenvalue weighted by atomic mass is 9.95. The SMILES string of the molecule is NNC(=O)c1cc(-c2ccnc(NC3CCCCC3)c2)nc(N2CCN(C(=O)O)CC2)c1. The Kier molecular flexibility index (Phi) is 6.69. The van der Waals surface area contributed by atoms with Gasteiger partial charge in [-0.3, -0.25) is 10.2 Å². The third-order valence-corrected chi connectivity index (χ3v) is 6.09. The molecule has 1 aliphatic carbocycles. The molecule has 1 saturated carbocycles. The van der Waals surface area contributed by atoms with E-state index in [4.69, 9.17) is 10.8 Å². The van der Waals surface area contributed by atoms with Gasteiger partial charge in [0.15, 0.2) is 0 Å². The number of nitrogen functional groups attached to an aromatic ring is 1. The van der Waals surface area contributed by atoms with Gasteiger partial charge in [0.2, 0.25) is 0 Å². The summed E-state index contributed by atoms with van der Waals surface area (Å²) in [6.07, 6.45) is 6.84. The zero-order valence-electron chi connectivity index (χ0n) is 18.0. The van der Waals surface area contributed by atoms with Gasteiger partial charge in [-0.05, 0) is 37.1 Å². The number of nitrogens with two attached hydrogens (primary N) is 1. The molecule has 0 atom stereocenters. The van der Waals surface area contributed by atoms with Crippen LogP contribution in [-0.4, -0.2) is 64.2 Å². The molecular formula is C22H29N7O3. The van der Waals surface area contributed by atoms with E-state index in [-0.39, 0.29) is 0 Å². The number of nitrogens with one attached hydrogen (secondary N) is 2. The van der Waals surface area contributed by atoms with Crippen LogP contribution in [-0.2, 0) is 0 Å². The first-order valence-electron chi connectivity index (χ1n) is 11.0. The van der Waals surface area contributed by atoms with Crippen molar-refractivity contribution in [3.63, 3.8) is 0 Å². The van der Waals surface area contributed by atoms with Gasteiger partial charge in [0.25, 0.3) is 5.91 Å². The Bertz CT molecular complexity index is 970. The first kappa shape index (κ1) is 21.8. The van der Waals surface area contributed by atoms with Gasteiger partial charge in [0.1, 0.15) is 11.6 Å². The zero-order valence-corrected chi connectivity index (χ0v) is 18.0. The lowest BCUT2D eigenvalue weighted by Gasteiger charge is -2.34. The van der Waals surface area contributed by atoms with Crippen LogP contribution < -0.4 is 21.5 Å². The number of carbonyl (C=O) groups excluding carboxylic acids is 1.